The molecule has 0 amide bonds. The van der Waals surface area contributed by atoms with Crippen molar-refractivity contribution < 1.29 is 5.11 Å². The first kappa shape index (κ1) is 6.38. The zero-order chi connectivity index (χ0) is 5.98. The molecule has 44 valence electrons. The van der Waals surface area contributed by atoms with Crippen LogP contribution in [0.5, 0.6) is 0 Å². The molecule has 1 N–H and O–H groups in total. The number of rotatable bonds is 0. The van der Waals surface area contributed by atoms with Crippen LogP contribution in [0.15, 0.2) is 14.2 Å². The van der Waals surface area contributed by atoms with E-state index in [9.17, 15) is 0 Å². The molecule has 0 aromatic carbocycles. The maximum absolute atomic E-state index is 8.74. The predicted molar refractivity (Wildman–Crippen MR) is 43.4 cm³/mol. The molecule has 0 aromatic heterocycles. The van der Waals surface area contributed by atoms with Crippen molar-refractivity contribution in [3.63, 3.8) is 0 Å². The zero-order valence-electron chi connectivity index (χ0n) is 3.81. The van der Waals surface area contributed by atoms with Crippen LogP contribution in [-0.2, 0) is 0 Å². The summed E-state index contributed by atoms with van der Waals surface area (Å²) in [7, 11) is 0. The Morgan fingerprint density at radius 2 is 2.50 bits per heavy atom. The van der Waals surface area contributed by atoms with E-state index in [-0.39, 0.29) is 20.7 Å². The Morgan fingerprint density at radius 1 is 1.75 bits per heavy atom. The molecule has 0 aliphatic carbocycles. The smallest absolute Gasteiger partial charge is 0.134 e. The van der Waals surface area contributed by atoms with Gasteiger partial charge < -0.3 is 5.11 Å². The van der Waals surface area contributed by atoms with Gasteiger partial charge in [0.15, 0.2) is 0 Å². The quantitative estimate of drug-likeness (QED) is 0.508. The molecule has 0 unspecified atom stereocenters. The summed E-state index contributed by atoms with van der Waals surface area (Å²) in [5.74, 6) is 0. The molecule has 1 rings (SSSR count). The molecule has 2 nitrogen and oxygen atoms in total. The second kappa shape index (κ2) is 2.70. The summed E-state index contributed by atoms with van der Waals surface area (Å²) in [4.78, 5) is 3.65. The van der Waals surface area contributed by atoms with Gasteiger partial charge in [-0.25, -0.2) is 4.99 Å². The summed E-state index contributed by atoms with van der Waals surface area (Å²) >= 11 is 5.09. The van der Waals surface area contributed by atoms with Gasteiger partial charge in [-0.2, -0.15) is 0 Å². The molecule has 8 heavy (non-hydrogen) atoms. The van der Waals surface area contributed by atoms with Crippen LogP contribution in [-0.4, -0.2) is 15.0 Å². The van der Waals surface area contributed by atoms with E-state index in [0.717, 1.165) is 0 Å². The van der Waals surface area contributed by atoms with Gasteiger partial charge >= 0.3 is 0 Å². The molecule has 0 aromatic rings. The van der Waals surface area contributed by atoms with E-state index >= 15 is 0 Å². The second-order valence-electron chi connectivity index (χ2n) is 1.12. The Bertz CT molecular complexity index is 164. The first-order valence-electron chi connectivity index (χ1n) is 1.88. The van der Waals surface area contributed by atoms with Crippen LogP contribution in [0.1, 0.15) is 0 Å². The highest BCUT2D eigenvalue weighted by Crippen LogP contribution is 2.14. The maximum atomic E-state index is 8.74. The van der Waals surface area contributed by atoms with Gasteiger partial charge in [-0.3, -0.25) is 0 Å². The molecule has 0 saturated carbocycles. The molecular weight excluding hydrogens is 240 g/mol. The highest BCUT2D eigenvalue weighted by molar-refractivity contribution is 14.2. The van der Waals surface area contributed by atoms with Gasteiger partial charge in [0.2, 0.25) is 0 Å². The summed E-state index contributed by atoms with van der Waals surface area (Å²) in [6, 6.07) is 0. The lowest BCUT2D eigenvalue weighted by Gasteiger charge is -1.92. The minimum absolute atomic E-state index is 0.359. The van der Waals surface area contributed by atoms with Gasteiger partial charge in [-0.05, 0) is 0 Å². The highest BCUT2D eigenvalue weighted by Gasteiger charge is 1.92. The van der Waals surface area contributed by atoms with Gasteiger partial charge in [-0.1, -0.05) is 32.3 Å². The number of aliphatic imine (C=N–C) groups is 1. The van der Waals surface area contributed by atoms with Crippen molar-refractivity contribution in [2.45, 2.75) is 0 Å². The van der Waals surface area contributed by atoms with Gasteiger partial charge in [0.1, 0.15) is 8.85 Å². The van der Waals surface area contributed by atoms with Crippen molar-refractivity contribution in [2.75, 3.05) is 0 Å². The van der Waals surface area contributed by atoms with Crippen molar-refractivity contribution in [2.24, 2.45) is 4.99 Å². The van der Waals surface area contributed by atoms with Crippen molar-refractivity contribution in [3.05, 3.63) is 9.24 Å². The van der Waals surface area contributed by atoms with Crippen LogP contribution < -0.4 is 0 Å². The lowest BCUT2D eigenvalue weighted by Crippen LogP contribution is -1.93. The van der Waals surface area contributed by atoms with Crippen molar-refractivity contribution in [1.82, 2.24) is 0 Å². The highest BCUT2D eigenvalue weighted by atomic mass is 127. The first-order chi connectivity index (χ1) is 3.79. The number of aliphatic hydroxyl groups is 1. The number of halogens is 2. The molecule has 0 fully saturated rings. The molecule has 0 radical (unpaired) electrons. The third kappa shape index (κ3) is 1.65. The number of aliphatic hydroxyl groups excluding tert-OH is 1. The van der Waals surface area contributed by atoms with Crippen LogP contribution >= 0.6 is 32.3 Å². The number of hydrogen-bond acceptors (Lipinski definition) is 2. The minimum Gasteiger partial charge on any atom is -0.354 e. The summed E-state index contributed by atoms with van der Waals surface area (Å²) < 4.78 is 2.13. The maximum Gasteiger partial charge on any atom is 0.134 e. The molecule has 0 atom stereocenters. The lowest BCUT2D eigenvalue weighted by molar-refractivity contribution is 0.582. The SMILES string of the molecule is OC1=IC=C(Cl)N=C1. The Kier molecular flexibility index (Phi) is 2.16. The van der Waals surface area contributed by atoms with Gasteiger partial charge in [-0.15, -0.1) is 0 Å². The molecule has 0 spiro atoms. The Morgan fingerprint density at radius 3 is 2.88 bits per heavy atom. The zero-order valence-corrected chi connectivity index (χ0v) is 6.72. The predicted octanol–water partition coefficient (Wildman–Crippen LogP) is 1.58. The Balaban J connectivity index is 2.86. The normalized spacial score (nSPS) is 18.8. The molecule has 4 heteroatoms. The van der Waals surface area contributed by atoms with Crippen LogP contribution in [0, 0.1) is 0 Å². The summed E-state index contributed by atoms with van der Waals surface area (Å²) in [6.45, 7) is 0. The van der Waals surface area contributed by atoms with E-state index in [1.165, 1.54) is 6.21 Å². The molecule has 1 heterocycles. The monoisotopic (exact) mass is 243 g/mol. The van der Waals surface area contributed by atoms with Crippen molar-refractivity contribution in [3.8, 4) is 0 Å². The summed E-state index contributed by atoms with van der Waals surface area (Å²) in [5, 5.41) is 9.24. The van der Waals surface area contributed by atoms with Crippen LogP contribution in [0.2, 0.25) is 0 Å². The van der Waals surface area contributed by atoms with Crippen LogP contribution in [0.4, 0.5) is 0 Å². The third-order valence-electron chi connectivity index (χ3n) is 0.551. The first-order valence-corrected chi connectivity index (χ1v) is 4.58. The van der Waals surface area contributed by atoms with Gasteiger partial charge in [0.25, 0.3) is 0 Å². The van der Waals surface area contributed by atoms with E-state index in [2.05, 4.69) is 4.99 Å². The molecule has 1 aliphatic rings. The Labute approximate surface area is 61.6 Å². The largest absolute Gasteiger partial charge is 0.354 e. The summed E-state index contributed by atoms with van der Waals surface area (Å²) in [6.07, 6.45) is 1.40. The minimum atomic E-state index is -0.359. The fourth-order valence-corrected chi connectivity index (χ4v) is 1.63. The molecule has 0 bridgehead atoms. The van der Waals surface area contributed by atoms with Crippen LogP contribution in [0.3, 0.4) is 0 Å². The Hall–Kier alpha value is 0.260. The fourth-order valence-electron chi connectivity index (χ4n) is 0.272. The van der Waals surface area contributed by atoms with E-state index < -0.39 is 0 Å². The molecule has 1 aliphatic heterocycles. The van der Waals surface area contributed by atoms with E-state index in [1.54, 1.807) is 4.08 Å². The van der Waals surface area contributed by atoms with E-state index in [0.29, 0.717) is 8.85 Å². The van der Waals surface area contributed by atoms with E-state index in [1.807, 2.05) is 0 Å². The topological polar surface area (TPSA) is 32.6 Å². The standard InChI is InChI=1S/C4H3ClINO/c5-3-1-6-4(8)2-7-3/h1-2,8H. The number of hydrogen-bond donors (Lipinski definition) is 1. The second-order valence-corrected chi connectivity index (χ2v) is 3.86. The van der Waals surface area contributed by atoms with E-state index in [4.69, 9.17) is 16.7 Å². The molecule has 0 saturated heterocycles. The van der Waals surface area contributed by atoms with Crippen LogP contribution in [0.25, 0.3) is 0 Å². The van der Waals surface area contributed by atoms with Gasteiger partial charge in [0.05, 0.1) is 6.21 Å². The summed E-state index contributed by atoms with van der Waals surface area (Å²) in [5.41, 5.74) is 0. The third-order valence-corrected chi connectivity index (χ3v) is 2.94. The van der Waals surface area contributed by atoms with Crippen molar-refractivity contribution >= 4 is 42.2 Å². The number of nitrogens with zero attached hydrogens (tertiary/aromatic N) is 1. The lowest BCUT2D eigenvalue weighted by atomic mass is 10.8. The van der Waals surface area contributed by atoms with Gasteiger partial charge in [0, 0.05) is 4.08 Å². The average molecular weight is 243 g/mol. The fraction of sp³-hybridized carbons (Fsp3) is 0. The van der Waals surface area contributed by atoms with Crippen molar-refractivity contribution in [1.29, 1.82) is 0 Å². The molecular formula is C4H3ClINO. The average Bonchev–Trinajstić information content (AvgIpc) is 1.77.